The quantitative estimate of drug-likeness (QED) is 0.773. The molecule has 2 heterocycles. The molecule has 2 fully saturated rings. The second-order valence-corrected chi connectivity index (χ2v) is 9.98. The lowest BCUT2D eigenvalue weighted by atomic mass is 10.1. The molecular formula is C20H28N2O5S. The molecule has 2 amide bonds. The Bertz CT molecular complexity index is 846. The number of carbonyl (C=O) groups excluding carboxylic acids is 2. The first-order valence-electron chi connectivity index (χ1n) is 9.72. The largest absolute Gasteiger partial charge is 0.376 e. The highest BCUT2D eigenvalue weighted by atomic mass is 32.2. The summed E-state index contributed by atoms with van der Waals surface area (Å²) in [6.45, 7) is 4.76. The van der Waals surface area contributed by atoms with Gasteiger partial charge in [-0.1, -0.05) is 12.1 Å². The van der Waals surface area contributed by atoms with Crippen LogP contribution in [-0.2, 0) is 24.2 Å². The van der Waals surface area contributed by atoms with Gasteiger partial charge in [-0.25, -0.2) is 8.42 Å². The zero-order chi connectivity index (χ0) is 20.3. The van der Waals surface area contributed by atoms with Crippen molar-refractivity contribution in [2.75, 3.05) is 36.5 Å². The van der Waals surface area contributed by atoms with Crippen molar-refractivity contribution in [3.05, 3.63) is 29.3 Å². The Labute approximate surface area is 166 Å². The molecule has 1 N–H and O–H groups in total. The Kier molecular flexibility index (Phi) is 6.40. The third-order valence-electron chi connectivity index (χ3n) is 5.55. The zero-order valence-electron chi connectivity index (χ0n) is 16.4. The maximum Gasteiger partial charge on any atom is 0.244 e. The van der Waals surface area contributed by atoms with E-state index in [9.17, 15) is 18.0 Å². The van der Waals surface area contributed by atoms with Crippen LogP contribution in [-0.4, -0.2) is 62.4 Å². The second kappa shape index (κ2) is 8.61. The van der Waals surface area contributed by atoms with Crippen LogP contribution < -0.4 is 5.32 Å². The number of benzene rings is 1. The van der Waals surface area contributed by atoms with Crippen LogP contribution in [0.5, 0.6) is 0 Å². The Morgan fingerprint density at radius 1 is 1.25 bits per heavy atom. The predicted octanol–water partition coefficient (Wildman–Crippen LogP) is 1.68. The summed E-state index contributed by atoms with van der Waals surface area (Å²) < 4.78 is 29.2. The molecule has 0 unspecified atom stereocenters. The van der Waals surface area contributed by atoms with Crippen molar-refractivity contribution < 1.29 is 22.7 Å². The molecule has 0 bridgehead atoms. The van der Waals surface area contributed by atoms with E-state index in [1.807, 2.05) is 32.0 Å². The first-order valence-corrected chi connectivity index (χ1v) is 11.5. The van der Waals surface area contributed by atoms with Crippen molar-refractivity contribution in [2.45, 2.75) is 39.2 Å². The van der Waals surface area contributed by atoms with E-state index >= 15 is 0 Å². The van der Waals surface area contributed by atoms with Gasteiger partial charge in [0, 0.05) is 18.8 Å². The fourth-order valence-corrected chi connectivity index (χ4v) is 5.50. The number of nitrogens with zero attached hydrogens (tertiary/aromatic N) is 1. The highest BCUT2D eigenvalue weighted by molar-refractivity contribution is 7.91. The van der Waals surface area contributed by atoms with E-state index in [1.165, 1.54) is 4.90 Å². The maximum absolute atomic E-state index is 13.0. The van der Waals surface area contributed by atoms with E-state index in [-0.39, 0.29) is 36.0 Å². The summed E-state index contributed by atoms with van der Waals surface area (Å²) >= 11 is 0. The Balaban J connectivity index is 1.70. The van der Waals surface area contributed by atoms with Gasteiger partial charge in [-0.3, -0.25) is 9.59 Å². The minimum absolute atomic E-state index is 0.0336. The molecule has 154 valence electrons. The van der Waals surface area contributed by atoms with Gasteiger partial charge in [-0.05, 0) is 50.3 Å². The van der Waals surface area contributed by atoms with Gasteiger partial charge < -0.3 is 15.0 Å². The van der Waals surface area contributed by atoms with Gasteiger partial charge in [0.05, 0.1) is 30.1 Å². The second-order valence-electron chi connectivity index (χ2n) is 7.75. The van der Waals surface area contributed by atoms with Crippen LogP contribution in [0.15, 0.2) is 18.2 Å². The van der Waals surface area contributed by atoms with Crippen LogP contribution >= 0.6 is 0 Å². The first kappa shape index (κ1) is 20.8. The number of anilines is 1. The van der Waals surface area contributed by atoms with Gasteiger partial charge in [0.1, 0.15) is 0 Å². The van der Waals surface area contributed by atoms with E-state index in [0.717, 1.165) is 29.7 Å². The SMILES string of the molecule is Cc1cccc(NC(=O)CN(C[C@@H]2CCCO2)C(=O)[C@@H]2CCS(=O)(=O)C2)c1C. The third kappa shape index (κ3) is 5.11. The number of aryl methyl sites for hydroxylation is 1. The summed E-state index contributed by atoms with van der Waals surface area (Å²) in [5, 5.41) is 2.88. The molecule has 2 atom stereocenters. The number of sulfone groups is 1. The van der Waals surface area contributed by atoms with Gasteiger partial charge in [0.15, 0.2) is 9.84 Å². The Morgan fingerprint density at radius 3 is 2.68 bits per heavy atom. The molecule has 3 rings (SSSR count). The fraction of sp³-hybridized carbons (Fsp3) is 0.600. The smallest absolute Gasteiger partial charge is 0.244 e. The molecule has 0 saturated carbocycles. The minimum Gasteiger partial charge on any atom is -0.376 e. The first-order chi connectivity index (χ1) is 13.2. The Hall–Kier alpha value is -1.93. The standard InChI is InChI=1S/C20H28N2O5S/c1-14-5-3-7-18(15(14)2)21-19(23)12-22(11-17-6-4-9-27-17)20(24)16-8-10-28(25,26)13-16/h3,5,7,16-17H,4,6,8-13H2,1-2H3,(H,21,23)/t16-,17+/m1/s1. The number of hydrogen-bond donors (Lipinski definition) is 1. The lowest BCUT2D eigenvalue weighted by Crippen LogP contribution is -2.45. The predicted molar refractivity (Wildman–Crippen MR) is 107 cm³/mol. The molecule has 7 nitrogen and oxygen atoms in total. The van der Waals surface area contributed by atoms with Crippen molar-refractivity contribution in [1.82, 2.24) is 4.90 Å². The number of nitrogens with one attached hydrogen (secondary N) is 1. The van der Waals surface area contributed by atoms with Crippen molar-refractivity contribution in [2.24, 2.45) is 5.92 Å². The lowest BCUT2D eigenvalue weighted by molar-refractivity contribution is -0.139. The van der Waals surface area contributed by atoms with E-state index in [0.29, 0.717) is 19.6 Å². The molecule has 0 radical (unpaired) electrons. The molecule has 2 aliphatic rings. The summed E-state index contributed by atoms with van der Waals surface area (Å²) in [6, 6.07) is 5.67. The van der Waals surface area contributed by atoms with Crippen molar-refractivity contribution in [3.63, 3.8) is 0 Å². The van der Waals surface area contributed by atoms with E-state index in [4.69, 9.17) is 4.74 Å². The molecule has 28 heavy (non-hydrogen) atoms. The lowest BCUT2D eigenvalue weighted by Gasteiger charge is -2.27. The molecule has 0 aromatic heterocycles. The number of amides is 2. The molecule has 8 heteroatoms. The highest BCUT2D eigenvalue weighted by Gasteiger charge is 2.37. The van der Waals surface area contributed by atoms with Crippen molar-refractivity contribution in [1.29, 1.82) is 0 Å². The van der Waals surface area contributed by atoms with Crippen LogP contribution in [0.2, 0.25) is 0 Å². The molecular weight excluding hydrogens is 380 g/mol. The van der Waals surface area contributed by atoms with Crippen LogP contribution in [0.3, 0.4) is 0 Å². The zero-order valence-corrected chi connectivity index (χ0v) is 17.3. The normalized spacial score (nSPS) is 23.5. The molecule has 1 aromatic carbocycles. The average molecular weight is 409 g/mol. The summed E-state index contributed by atoms with van der Waals surface area (Å²) in [5.74, 6) is -1.23. The molecule has 2 saturated heterocycles. The topological polar surface area (TPSA) is 92.8 Å². The van der Waals surface area contributed by atoms with Gasteiger partial charge in [0.2, 0.25) is 11.8 Å². The number of rotatable bonds is 6. The summed E-state index contributed by atoms with van der Waals surface area (Å²) in [6.07, 6.45) is 1.99. The average Bonchev–Trinajstić information content (AvgIpc) is 3.27. The van der Waals surface area contributed by atoms with Crippen LogP contribution in [0, 0.1) is 19.8 Å². The molecule has 1 aromatic rings. The van der Waals surface area contributed by atoms with Gasteiger partial charge in [0.25, 0.3) is 0 Å². The number of ether oxygens (including phenoxy) is 1. The van der Waals surface area contributed by atoms with Gasteiger partial charge in [-0.2, -0.15) is 0 Å². The van der Waals surface area contributed by atoms with Crippen molar-refractivity contribution >= 4 is 27.3 Å². The van der Waals surface area contributed by atoms with Gasteiger partial charge in [-0.15, -0.1) is 0 Å². The Morgan fingerprint density at radius 2 is 2.04 bits per heavy atom. The van der Waals surface area contributed by atoms with Crippen LogP contribution in [0.4, 0.5) is 5.69 Å². The molecule has 2 aliphatic heterocycles. The summed E-state index contributed by atoms with van der Waals surface area (Å²) in [5.41, 5.74) is 2.77. The molecule has 0 aliphatic carbocycles. The van der Waals surface area contributed by atoms with Crippen molar-refractivity contribution in [3.8, 4) is 0 Å². The van der Waals surface area contributed by atoms with E-state index < -0.39 is 15.8 Å². The maximum atomic E-state index is 13.0. The third-order valence-corrected chi connectivity index (χ3v) is 7.32. The summed E-state index contributed by atoms with van der Waals surface area (Å²) in [7, 11) is -3.17. The van der Waals surface area contributed by atoms with Crippen LogP contribution in [0.1, 0.15) is 30.4 Å². The number of hydrogen-bond acceptors (Lipinski definition) is 5. The monoisotopic (exact) mass is 408 g/mol. The highest BCUT2D eigenvalue weighted by Crippen LogP contribution is 2.23. The van der Waals surface area contributed by atoms with Gasteiger partial charge >= 0.3 is 0 Å². The van der Waals surface area contributed by atoms with E-state index in [1.54, 1.807) is 0 Å². The number of carbonyl (C=O) groups is 2. The van der Waals surface area contributed by atoms with Crippen LogP contribution in [0.25, 0.3) is 0 Å². The summed E-state index contributed by atoms with van der Waals surface area (Å²) in [4.78, 5) is 27.1. The molecule has 0 spiro atoms. The minimum atomic E-state index is -3.17. The van der Waals surface area contributed by atoms with E-state index in [2.05, 4.69) is 5.32 Å². The fourth-order valence-electron chi connectivity index (χ4n) is 3.76.